The number of hydrogen-bond acceptors (Lipinski definition) is 5. The molecule has 1 aromatic rings. The van der Waals surface area contributed by atoms with Crippen LogP contribution in [0.1, 0.15) is 23.7 Å². The first-order chi connectivity index (χ1) is 9.03. The van der Waals surface area contributed by atoms with Crippen LogP contribution in [-0.2, 0) is 10.0 Å². The summed E-state index contributed by atoms with van der Waals surface area (Å²) in [5, 5.41) is 3.09. The Kier molecular flexibility index (Phi) is 3.94. The minimum Gasteiger partial charge on any atom is -0.489 e. The van der Waals surface area contributed by atoms with Gasteiger partial charge in [0.25, 0.3) is 5.91 Å². The molecule has 7 heteroatoms. The SMILES string of the molecule is CCCS(=O)(=O)NC(=O)c1cccc2c1OCCN2. The summed E-state index contributed by atoms with van der Waals surface area (Å²) >= 11 is 0. The first kappa shape index (κ1) is 13.7. The van der Waals surface area contributed by atoms with Gasteiger partial charge in [0, 0.05) is 6.54 Å². The third kappa shape index (κ3) is 3.17. The van der Waals surface area contributed by atoms with Crippen molar-refractivity contribution in [2.24, 2.45) is 0 Å². The fourth-order valence-corrected chi connectivity index (χ4v) is 2.90. The van der Waals surface area contributed by atoms with Crippen molar-refractivity contribution in [2.45, 2.75) is 13.3 Å². The summed E-state index contributed by atoms with van der Waals surface area (Å²) in [7, 11) is -3.58. The Balaban J connectivity index is 2.25. The molecule has 19 heavy (non-hydrogen) atoms. The van der Waals surface area contributed by atoms with Crippen molar-refractivity contribution in [2.75, 3.05) is 24.2 Å². The molecule has 0 unspecified atom stereocenters. The third-order valence-electron chi connectivity index (χ3n) is 2.64. The number of fused-ring (bicyclic) bond motifs is 1. The van der Waals surface area contributed by atoms with Crippen LogP contribution in [0, 0.1) is 0 Å². The highest BCUT2D eigenvalue weighted by molar-refractivity contribution is 7.90. The summed E-state index contributed by atoms with van der Waals surface area (Å²) in [5.41, 5.74) is 0.927. The fraction of sp³-hybridized carbons (Fsp3) is 0.417. The Morgan fingerprint density at radius 3 is 3.00 bits per heavy atom. The van der Waals surface area contributed by atoms with Gasteiger partial charge in [0.2, 0.25) is 10.0 Å². The Morgan fingerprint density at radius 2 is 2.26 bits per heavy atom. The minimum atomic E-state index is -3.58. The normalized spacial score (nSPS) is 13.9. The number of sulfonamides is 1. The van der Waals surface area contributed by atoms with Gasteiger partial charge in [-0.3, -0.25) is 4.79 Å². The lowest BCUT2D eigenvalue weighted by atomic mass is 10.1. The molecule has 2 rings (SSSR count). The Labute approximate surface area is 112 Å². The number of hydrogen-bond donors (Lipinski definition) is 2. The Morgan fingerprint density at radius 1 is 1.47 bits per heavy atom. The van der Waals surface area contributed by atoms with Gasteiger partial charge in [0.15, 0.2) is 5.75 Å². The molecule has 2 N–H and O–H groups in total. The maximum absolute atomic E-state index is 12.0. The van der Waals surface area contributed by atoms with Crippen LogP contribution in [0.4, 0.5) is 5.69 Å². The summed E-state index contributed by atoms with van der Waals surface area (Å²) in [4.78, 5) is 12.0. The average molecular weight is 284 g/mol. The number of anilines is 1. The molecule has 1 aliphatic rings. The molecule has 0 radical (unpaired) electrons. The molecule has 104 valence electrons. The van der Waals surface area contributed by atoms with Crippen LogP contribution in [0.3, 0.4) is 0 Å². The molecule has 0 spiro atoms. The number of ether oxygens (including phenoxy) is 1. The van der Waals surface area contributed by atoms with Crippen LogP contribution >= 0.6 is 0 Å². The van der Waals surface area contributed by atoms with Crippen LogP contribution < -0.4 is 14.8 Å². The molecule has 0 aromatic heterocycles. The standard InChI is InChI=1S/C12H16N2O4S/c1-2-8-19(16,17)14-12(15)9-4-3-5-10-11(9)18-7-6-13-10/h3-5,13H,2,6-8H2,1H3,(H,14,15). The smallest absolute Gasteiger partial charge is 0.268 e. The van der Waals surface area contributed by atoms with Crippen LogP contribution in [-0.4, -0.2) is 33.2 Å². The summed E-state index contributed by atoms with van der Waals surface area (Å²) < 4.78 is 30.7. The maximum Gasteiger partial charge on any atom is 0.268 e. The summed E-state index contributed by atoms with van der Waals surface area (Å²) in [6, 6.07) is 5.01. The van der Waals surface area contributed by atoms with Gasteiger partial charge >= 0.3 is 0 Å². The number of para-hydroxylation sites is 1. The monoisotopic (exact) mass is 284 g/mol. The van der Waals surface area contributed by atoms with Gasteiger partial charge in [-0.1, -0.05) is 13.0 Å². The van der Waals surface area contributed by atoms with Crippen molar-refractivity contribution in [1.29, 1.82) is 0 Å². The van der Waals surface area contributed by atoms with E-state index in [9.17, 15) is 13.2 Å². The first-order valence-electron chi connectivity index (χ1n) is 6.08. The molecule has 1 aromatic carbocycles. The second-order valence-corrected chi connectivity index (χ2v) is 6.05. The van der Waals surface area contributed by atoms with Gasteiger partial charge in [0.1, 0.15) is 6.61 Å². The van der Waals surface area contributed by atoms with E-state index in [1.165, 1.54) is 0 Å². The molecule has 0 aliphatic carbocycles. The Hall–Kier alpha value is -1.76. The van der Waals surface area contributed by atoms with E-state index < -0.39 is 15.9 Å². The lowest BCUT2D eigenvalue weighted by Gasteiger charge is -2.21. The quantitative estimate of drug-likeness (QED) is 0.860. The fourth-order valence-electron chi connectivity index (χ4n) is 1.87. The highest BCUT2D eigenvalue weighted by atomic mass is 32.2. The predicted molar refractivity (Wildman–Crippen MR) is 72.0 cm³/mol. The Bertz CT molecular complexity index is 583. The lowest BCUT2D eigenvalue weighted by molar-refractivity contribution is 0.0977. The topological polar surface area (TPSA) is 84.5 Å². The molecule has 1 aliphatic heterocycles. The highest BCUT2D eigenvalue weighted by Crippen LogP contribution is 2.31. The minimum absolute atomic E-state index is 0.0765. The van der Waals surface area contributed by atoms with Gasteiger partial charge in [-0.05, 0) is 18.6 Å². The molecule has 0 atom stereocenters. The van der Waals surface area contributed by atoms with E-state index in [1.54, 1.807) is 25.1 Å². The zero-order valence-electron chi connectivity index (χ0n) is 10.6. The lowest BCUT2D eigenvalue weighted by Crippen LogP contribution is -2.33. The van der Waals surface area contributed by atoms with Crippen LogP contribution in [0.2, 0.25) is 0 Å². The predicted octanol–water partition coefficient (Wildman–Crippen LogP) is 0.960. The van der Waals surface area contributed by atoms with Gasteiger partial charge in [-0.25, -0.2) is 13.1 Å². The number of amides is 1. The van der Waals surface area contributed by atoms with E-state index in [1.807, 2.05) is 4.72 Å². The molecule has 0 fully saturated rings. The number of nitrogens with one attached hydrogen (secondary N) is 2. The van der Waals surface area contributed by atoms with Crippen molar-refractivity contribution in [3.63, 3.8) is 0 Å². The molecule has 0 saturated carbocycles. The van der Waals surface area contributed by atoms with E-state index in [0.717, 1.165) is 0 Å². The van der Waals surface area contributed by atoms with E-state index in [2.05, 4.69) is 5.32 Å². The van der Waals surface area contributed by atoms with E-state index in [0.29, 0.717) is 31.0 Å². The van der Waals surface area contributed by atoms with E-state index >= 15 is 0 Å². The van der Waals surface area contributed by atoms with E-state index in [-0.39, 0.29) is 11.3 Å². The van der Waals surface area contributed by atoms with Crippen LogP contribution in [0.25, 0.3) is 0 Å². The second kappa shape index (κ2) is 5.48. The molecular weight excluding hydrogens is 268 g/mol. The molecular formula is C12H16N2O4S. The molecule has 0 saturated heterocycles. The summed E-state index contributed by atoms with van der Waals surface area (Å²) in [5.74, 6) is -0.334. The molecule has 0 bridgehead atoms. The number of carbonyl (C=O) groups is 1. The van der Waals surface area contributed by atoms with Crippen molar-refractivity contribution in [1.82, 2.24) is 4.72 Å². The van der Waals surface area contributed by atoms with Crippen LogP contribution in [0.5, 0.6) is 5.75 Å². The summed E-state index contributed by atoms with van der Waals surface area (Å²) in [6.07, 6.45) is 0.452. The van der Waals surface area contributed by atoms with Crippen LogP contribution in [0.15, 0.2) is 18.2 Å². The molecule has 6 nitrogen and oxygen atoms in total. The zero-order valence-corrected chi connectivity index (χ0v) is 11.4. The largest absolute Gasteiger partial charge is 0.489 e. The van der Waals surface area contributed by atoms with Gasteiger partial charge < -0.3 is 10.1 Å². The van der Waals surface area contributed by atoms with Crippen molar-refractivity contribution in [3.8, 4) is 5.75 Å². The molecule has 1 heterocycles. The first-order valence-corrected chi connectivity index (χ1v) is 7.73. The third-order valence-corrected chi connectivity index (χ3v) is 4.09. The van der Waals surface area contributed by atoms with Gasteiger partial charge in [0.05, 0.1) is 17.0 Å². The van der Waals surface area contributed by atoms with Crippen molar-refractivity contribution >= 4 is 21.6 Å². The van der Waals surface area contributed by atoms with Gasteiger partial charge in [-0.2, -0.15) is 0 Å². The average Bonchev–Trinajstić information content (AvgIpc) is 2.37. The number of benzene rings is 1. The van der Waals surface area contributed by atoms with Gasteiger partial charge in [-0.15, -0.1) is 0 Å². The van der Waals surface area contributed by atoms with E-state index in [4.69, 9.17) is 4.74 Å². The van der Waals surface area contributed by atoms with Crippen molar-refractivity contribution < 1.29 is 17.9 Å². The zero-order chi connectivity index (χ0) is 13.9. The number of rotatable bonds is 4. The maximum atomic E-state index is 12.0. The number of carbonyl (C=O) groups excluding carboxylic acids is 1. The molecule has 1 amide bonds. The second-order valence-electron chi connectivity index (χ2n) is 4.21. The van der Waals surface area contributed by atoms with Crippen molar-refractivity contribution in [3.05, 3.63) is 23.8 Å². The highest BCUT2D eigenvalue weighted by Gasteiger charge is 2.22. The summed E-state index contributed by atoms with van der Waals surface area (Å²) in [6.45, 7) is 2.84.